The van der Waals surface area contributed by atoms with Gasteiger partial charge in [0.25, 0.3) is 11.8 Å². The molecule has 0 aliphatic carbocycles. The third kappa shape index (κ3) is 4.27. The van der Waals surface area contributed by atoms with Crippen molar-refractivity contribution in [3.63, 3.8) is 0 Å². The Morgan fingerprint density at radius 2 is 1.45 bits per heavy atom. The van der Waals surface area contributed by atoms with Crippen LogP contribution in [-0.2, 0) is 9.59 Å². The van der Waals surface area contributed by atoms with Gasteiger partial charge < -0.3 is 9.64 Å². The van der Waals surface area contributed by atoms with E-state index in [-0.39, 0.29) is 16.2 Å². The lowest BCUT2D eigenvalue weighted by atomic mass is 9.79. The molecule has 3 aromatic rings. The fraction of sp³-hybridized carbons (Fsp3) is 0.258. The first kappa shape index (κ1) is 25.7. The first-order valence-electron chi connectivity index (χ1n) is 12.6. The summed E-state index contributed by atoms with van der Waals surface area (Å²) in [5.41, 5.74) is 4.12. The van der Waals surface area contributed by atoms with E-state index in [1.807, 2.05) is 48.5 Å². The predicted octanol–water partition coefficient (Wildman–Crippen LogP) is 6.17. The largest absolute Gasteiger partial charge is 0.496 e. The van der Waals surface area contributed by atoms with Crippen LogP contribution in [0.4, 0.5) is 17.1 Å². The van der Waals surface area contributed by atoms with Crippen LogP contribution in [0.3, 0.4) is 0 Å². The van der Waals surface area contributed by atoms with Crippen LogP contribution in [0.15, 0.2) is 78.4 Å². The summed E-state index contributed by atoms with van der Waals surface area (Å²) in [6, 6.07) is 22.4. The highest BCUT2D eigenvalue weighted by Gasteiger charge is 2.41. The molecule has 6 nitrogen and oxygen atoms in total. The zero-order valence-electron chi connectivity index (χ0n) is 22.3. The molecule has 2 amide bonds. The average Bonchev–Trinajstić information content (AvgIpc) is 2.90. The Bertz CT molecular complexity index is 1390. The van der Waals surface area contributed by atoms with Gasteiger partial charge in [0.1, 0.15) is 11.3 Å². The lowest BCUT2D eigenvalue weighted by Gasteiger charge is -2.45. The van der Waals surface area contributed by atoms with E-state index < -0.39 is 11.8 Å². The quantitative estimate of drug-likeness (QED) is 0.232. The molecule has 0 saturated carbocycles. The minimum Gasteiger partial charge on any atom is -0.496 e. The zero-order chi connectivity index (χ0) is 27.2. The van der Waals surface area contributed by atoms with Gasteiger partial charge in [-0.25, -0.2) is 0 Å². The number of rotatable bonds is 4. The third-order valence-electron chi connectivity index (χ3n) is 7.56. The Morgan fingerprint density at radius 3 is 1.95 bits per heavy atom. The Hall–Kier alpha value is -3.97. The molecule has 7 heteroatoms. The number of carbonyl (C=O) groups excluding carboxylic acids is 2. The normalized spacial score (nSPS) is 19.0. The summed E-state index contributed by atoms with van der Waals surface area (Å²) in [5.74, 6) is -0.0422. The molecule has 2 aliphatic heterocycles. The van der Waals surface area contributed by atoms with Gasteiger partial charge in [0, 0.05) is 29.9 Å². The molecule has 0 bridgehead atoms. The Kier molecular flexibility index (Phi) is 6.57. The van der Waals surface area contributed by atoms with E-state index in [0.717, 1.165) is 17.7 Å². The summed E-state index contributed by atoms with van der Waals surface area (Å²) >= 11 is 5.72. The molecule has 2 heterocycles. The van der Waals surface area contributed by atoms with Crippen LogP contribution in [-0.4, -0.2) is 36.6 Å². The summed E-state index contributed by atoms with van der Waals surface area (Å²) in [6.07, 6.45) is 2.62. The SMILES string of the molecule is COc1cc2c(cc1C=C1C(=O)N(c3ccccc3)C(=S)N(c3ccccc3)C1=O)C(C)CC(C)(C)N2C. The van der Waals surface area contributed by atoms with Gasteiger partial charge in [-0.2, -0.15) is 0 Å². The number of benzene rings is 3. The van der Waals surface area contributed by atoms with Crippen molar-refractivity contribution in [2.45, 2.75) is 38.6 Å². The molecule has 2 aliphatic rings. The molecule has 0 aromatic heterocycles. The number of ether oxygens (including phenoxy) is 1. The van der Waals surface area contributed by atoms with Gasteiger partial charge in [0.15, 0.2) is 5.11 Å². The van der Waals surface area contributed by atoms with Crippen molar-refractivity contribution in [3.8, 4) is 5.75 Å². The van der Waals surface area contributed by atoms with E-state index in [9.17, 15) is 9.59 Å². The number of anilines is 3. The van der Waals surface area contributed by atoms with Crippen LogP contribution < -0.4 is 19.4 Å². The van der Waals surface area contributed by atoms with Crippen LogP contribution in [0.1, 0.15) is 44.2 Å². The summed E-state index contributed by atoms with van der Waals surface area (Å²) in [7, 11) is 3.69. The lowest BCUT2D eigenvalue weighted by molar-refractivity contribution is -0.120. The van der Waals surface area contributed by atoms with Gasteiger partial charge >= 0.3 is 0 Å². The molecule has 0 spiro atoms. The summed E-state index contributed by atoms with van der Waals surface area (Å²) in [4.78, 5) is 32.9. The second-order valence-electron chi connectivity index (χ2n) is 10.4. The van der Waals surface area contributed by atoms with Crippen LogP contribution in [0.2, 0.25) is 0 Å². The van der Waals surface area contributed by atoms with Crippen molar-refractivity contribution >= 4 is 52.3 Å². The fourth-order valence-electron chi connectivity index (χ4n) is 5.40. The Labute approximate surface area is 229 Å². The number of hydrogen-bond acceptors (Lipinski definition) is 5. The zero-order valence-corrected chi connectivity index (χ0v) is 23.1. The molecule has 5 rings (SSSR count). The number of thiocarbonyl (C=S) groups is 1. The molecule has 1 fully saturated rings. The van der Waals surface area contributed by atoms with E-state index in [1.54, 1.807) is 37.5 Å². The van der Waals surface area contributed by atoms with E-state index in [0.29, 0.717) is 28.6 Å². The molecule has 1 atom stereocenters. The first-order chi connectivity index (χ1) is 18.1. The molecule has 1 saturated heterocycles. The van der Waals surface area contributed by atoms with Crippen molar-refractivity contribution in [2.24, 2.45) is 0 Å². The summed E-state index contributed by atoms with van der Waals surface area (Å²) in [5, 5.41) is 0.115. The highest BCUT2D eigenvalue weighted by molar-refractivity contribution is 7.81. The maximum atomic E-state index is 13.9. The molecule has 0 N–H and O–H groups in total. The lowest BCUT2D eigenvalue weighted by Crippen LogP contribution is -2.56. The topological polar surface area (TPSA) is 53.1 Å². The van der Waals surface area contributed by atoms with Crippen molar-refractivity contribution in [1.82, 2.24) is 0 Å². The number of para-hydroxylation sites is 2. The van der Waals surface area contributed by atoms with Crippen molar-refractivity contribution in [1.29, 1.82) is 0 Å². The number of carbonyl (C=O) groups is 2. The van der Waals surface area contributed by atoms with Crippen molar-refractivity contribution in [3.05, 3.63) is 89.5 Å². The van der Waals surface area contributed by atoms with E-state index in [1.165, 1.54) is 9.80 Å². The molecular weight excluding hydrogens is 494 g/mol. The maximum absolute atomic E-state index is 13.9. The highest BCUT2D eigenvalue weighted by atomic mass is 32.1. The van der Waals surface area contributed by atoms with Crippen LogP contribution in [0, 0.1) is 0 Å². The maximum Gasteiger partial charge on any atom is 0.270 e. The first-order valence-corrected chi connectivity index (χ1v) is 13.1. The average molecular weight is 526 g/mol. The fourth-order valence-corrected chi connectivity index (χ4v) is 5.77. The van der Waals surface area contributed by atoms with Gasteiger partial charge in [-0.1, -0.05) is 43.3 Å². The van der Waals surface area contributed by atoms with Gasteiger partial charge in [-0.05, 0) is 80.4 Å². The molecule has 194 valence electrons. The minimum absolute atomic E-state index is 0.00518. The molecule has 38 heavy (non-hydrogen) atoms. The Morgan fingerprint density at radius 1 is 0.921 bits per heavy atom. The highest BCUT2D eigenvalue weighted by Crippen LogP contribution is 2.45. The summed E-state index contributed by atoms with van der Waals surface area (Å²) < 4.78 is 5.77. The second-order valence-corrected chi connectivity index (χ2v) is 10.8. The van der Waals surface area contributed by atoms with Gasteiger partial charge in [0.05, 0.1) is 18.5 Å². The minimum atomic E-state index is -0.468. The number of hydrogen-bond donors (Lipinski definition) is 0. The summed E-state index contributed by atoms with van der Waals surface area (Å²) in [6.45, 7) is 6.67. The predicted molar refractivity (Wildman–Crippen MR) is 157 cm³/mol. The number of nitrogens with zero attached hydrogens (tertiary/aromatic N) is 3. The molecule has 0 radical (unpaired) electrons. The van der Waals surface area contributed by atoms with Gasteiger partial charge in [0.2, 0.25) is 0 Å². The number of amides is 2. The van der Waals surface area contributed by atoms with E-state index in [4.69, 9.17) is 17.0 Å². The molecule has 1 unspecified atom stereocenters. The van der Waals surface area contributed by atoms with Crippen LogP contribution in [0.5, 0.6) is 5.75 Å². The smallest absolute Gasteiger partial charge is 0.270 e. The number of methoxy groups -OCH3 is 1. The van der Waals surface area contributed by atoms with Crippen LogP contribution >= 0.6 is 12.2 Å². The second kappa shape index (κ2) is 9.72. The van der Waals surface area contributed by atoms with E-state index in [2.05, 4.69) is 32.7 Å². The van der Waals surface area contributed by atoms with Crippen molar-refractivity contribution in [2.75, 3.05) is 28.9 Å². The number of fused-ring (bicyclic) bond motifs is 1. The molecule has 3 aromatic carbocycles. The van der Waals surface area contributed by atoms with E-state index >= 15 is 0 Å². The third-order valence-corrected chi connectivity index (χ3v) is 7.93. The molecular formula is C31H31N3O3S. The van der Waals surface area contributed by atoms with Gasteiger partial charge in [-0.15, -0.1) is 0 Å². The van der Waals surface area contributed by atoms with Crippen molar-refractivity contribution < 1.29 is 14.3 Å². The monoisotopic (exact) mass is 525 g/mol. The van der Waals surface area contributed by atoms with Crippen LogP contribution in [0.25, 0.3) is 6.08 Å². The standard InChI is InChI=1S/C31H31N3O3S/c1-20-19-31(2,3)32(4)26-18-27(37-5)21(16-24(20)26)17-25-28(35)33(22-12-8-6-9-13-22)30(38)34(29(25)36)23-14-10-7-11-15-23/h6-18,20H,19H2,1-5H3. The van der Waals surface area contributed by atoms with Gasteiger partial charge in [-0.3, -0.25) is 19.4 Å². The Balaban J connectivity index is 1.68.